The summed E-state index contributed by atoms with van der Waals surface area (Å²) in [5.41, 5.74) is 4.59. The van der Waals surface area contributed by atoms with Crippen molar-refractivity contribution >= 4 is 26.8 Å². The van der Waals surface area contributed by atoms with E-state index in [0.717, 1.165) is 27.7 Å². The van der Waals surface area contributed by atoms with Gasteiger partial charge in [-0.3, -0.25) is 0 Å². The molecular weight excluding hydrogens is 326 g/mol. The van der Waals surface area contributed by atoms with Crippen LogP contribution in [0.2, 0.25) is 0 Å². The predicted molar refractivity (Wildman–Crippen MR) is 90.6 cm³/mol. The molecule has 0 aliphatic heterocycles. The predicted octanol–water partition coefficient (Wildman–Crippen LogP) is 4.81. The second-order valence-corrected chi connectivity index (χ2v) is 6.32. The molecule has 0 amide bonds. The average molecular weight is 344 g/mol. The van der Waals surface area contributed by atoms with E-state index in [4.69, 9.17) is 0 Å². The van der Waals surface area contributed by atoms with E-state index in [1.807, 2.05) is 19.1 Å². The van der Waals surface area contributed by atoms with Crippen LogP contribution in [0.4, 0.5) is 0 Å². The second kappa shape index (κ2) is 5.66. The molecule has 0 spiro atoms. The van der Waals surface area contributed by atoms with Crippen molar-refractivity contribution in [3.8, 4) is 0 Å². The normalized spacial score (nSPS) is 12.8. The van der Waals surface area contributed by atoms with Crippen molar-refractivity contribution < 1.29 is 5.11 Å². The van der Waals surface area contributed by atoms with E-state index in [1.165, 1.54) is 11.1 Å². The zero-order valence-corrected chi connectivity index (χ0v) is 13.8. The summed E-state index contributed by atoms with van der Waals surface area (Å²) in [7, 11) is 0. The zero-order valence-electron chi connectivity index (χ0n) is 12.2. The molecule has 108 valence electrons. The number of para-hydroxylation sites is 1. The van der Waals surface area contributed by atoms with E-state index in [-0.39, 0.29) is 0 Å². The maximum Gasteiger partial charge on any atom is 0.0785 e. The summed E-state index contributed by atoms with van der Waals surface area (Å²) in [5, 5.41) is 11.2. The van der Waals surface area contributed by atoms with Gasteiger partial charge in [-0.2, -0.15) is 0 Å². The van der Waals surface area contributed by atoms with E-state index in [9.17, 15) is 5.11 Å². The van der Waals surface area contributed by atoms with Gasteiger partial charge >= 0.3 is 0 Å². The Kier molecular flexibility index (Phi) is 3.87. The number of nitrogens with zero attached hydrogens (tertiary/aromatic N) is 1. The van der Waals surface area contributed by atoms with Crippen LogP contribution in [0.5, 0.6) is 0 Å². The smallest absolute Gasteiger partial charge is 0.0785 e. The van der Waals surface area contributed by atoms with Crippen LogP contribution in [0, 0.1) is 6.92 Å². The van der Waals surface area contributed by atoms with E-state index < -0.39 is 6.10 Å². The van der Waals surface area contributed by atoms with Crippen LogP contribution < -0.4 is 0 Å². The van der Waals surface area contributed by atoms with Gasteiger partial charge in [0.25, 0.3) is 0 Å². The molecule has 2 nitrogen and oxygen atoms in total. The largest absolute Gasteiger partial charge is 0.389 e. The van der Waals surface area contributed by atoms with Gasteiger partial charge in [0.1, 0.15) is 0 Å². The Morgan fingerprint density at radius 3 is 2.43 bits per heavy atom. The third-order valence-electron chi connectivity index (χ3n) is 3.95. The summed E-state index contributed by atoms with van der Waals surface area (Å²) in [4.78, 5) is 0. The molecule has 1 atom stereocenters. The summed E-state index contributed by atoms with van der Waals surface area (Å²) in [6.45, 7) is 4.73. The van der Waals surface area contributed by atoms with E-state index in [0.29, 0.717) is 0 Å². The van der Waals surface area contributed by atoms with Crippen molar-refractivity contribution in [1.29, 1.82) is 0 Å². The Bertz CT molecular complexity index is 772. The van der Waals surface area contributed by atoms with Gasteiger partial charge in [0.2, 0.25) is 0 Å². The van der Waals surface area contributed by atoms with Gasteiger partial charge in [-0.05, 0) is 37.6 Å². The van der Waals surface area contributed by atoms with Crippen LogP contribution in [0.15, 0.2) is 53.0 Å². The number of aliphatic hydroxyl groups is 1. The number of aromatic nitrogens is 1. The minimum atomic E-state index is -0.457. The van der Waals surface area contributed by atoms with Gasteiger partial charge in [-0.15, -0.1) is 0 Å². The molecular formula is C18H18BrNO. The molecule has 3 rings (SSSR count). The lowest BCUT2D eigenvalue weighted by Crippen LogP contribution is -2.03. The van der Waals surface area contributed by atoms with E-state index >= 15 is 0 Å². The van der Waals surface area contributed by atoms with Crippen LogP contribution >= 0.6 is 15.9 Å². The molecule has 0 radical (unpaired) electrons. The maximum atomic E-state index is 10.1. The molecule has 0 saturated heterocycles. The molecule has 1 heterocycles. The minimum Gasteiger partial charge on any atom is -0.389 e. The number of benzene rings is 2. The minimum absolute atomic E-state index is 0.457. The quantitative estimate of drug-likeness (QED) is 0.724. The summed E-state index contributed by atoms with van der Waals surface area (Å²) in [5.74, 6) is 0. The van der Waals surface area contributed by atoms with Crippen molar-refractivity contribution in [2.24, 2.45) is 0 Å². The average Bonchev–Trinajstić information content (AvgIpc) is 2.74. The SMILES string of the molecule is Cc1c(C(C)O)c2ccccc2n1Cc1ccc(Br)cc1. The molecule has 1 aromatic heterocycles. The van der Waals surface area contributed by atoms with Gasteiger partial charge < -0.3 is 9.67 Å². The van der Waals surface area contributed by atoms with E-state index in [1.54, 1.807) is 0 Å². The fourth-order valence-electron chi connectivity index (χ4n) is 2.96. The van der Waals surface area contributed by atoms with Crippen LogP contribution in [-0.2, 0) is 6.54 Å². The van der Waals surface area contributed by atoms with Crippen LogP contribution in [0.3, 0.4) is 0 Å². The van der Waals surface area contributed by atoms with Gasteiger partial charge in [-0.25, -0.2) is 0 Å². The lowest BCUT2D eigenvalue weighted by atomic mass is 10.1. The standard InChI is InChI=1S/C18H18BrNO/c1-12-18(13(2)21)16-5-3-4-6-17(16)20(12)11-14-7-9-15(19)10-8-14/h3-10,13,21H,11H2,1-2H3. The summed E-state index contributed by atoms with van der Waals surface area (Å²) >= 11 is 3.47. The fourth-order valence-corrected chi connectivity index (χ4v) is 3.23. The highest BCUT2D eigenvalue weighted by Crippen LogP contribution is 2.31. The van der Waals surface area contributed by atoms with Gasteiger partial charge in [0.05, 0.1) is 6.10 Å². The molecule has 1 N–H and O–H groups in total. The number of aliphatic hydroxyl groups excluding tert-OH is 1. The first-order valence-electron chi connectivity index (χ1n) is 7.08. The third-order valence-corrected chi connectivity index (χ3v) is 4.48. The summed E-state index contributed by atoms with van der Waals surface area (Å²) < 4.78 is 3.37. The first-order valence-corrected chi connectivity index (χ1v) is 7.87. The first-order chi connectivity index (χ1) is 10.1. The Balaban J connectivity index is 2.14. The van der Waals surface area contributed by atoms with Gasteiger partial charge in [0, 0.05) is 33.2 Å². The fraction of sp³-hybridized carbons (Fsp3) is 0.222. The van der Waals surface area contributed by atoms with Crippen LogP contribution in [0.25, 0.3) is 10.9 Å². The van der Waals surface area contributed by atoms with Crippen molar-refractivity contribution in [2.75, 3.05) is 0 Å². The molecule has 0 aliphatic carbocycles. The Morgan fingerprint density at radius 2 is 1.76 bits per heavy atom. The summed E-state index contributed by atoms with van der Waals surface area (Å²) in [6.07, 6.45) is -0.457. The first kappa shape index (κ1) is 14.4. The molecule has 2 aromatic carbocycles. The molecule has 0 bridgehead atoms. The Morgan fingerprint density at radius 1 is 1.10 bits per heavy atom. The topological polar surface area (TPSA) is 25.2 Å². The zero-order chi connectivity index (χ0) is 15.0. The second-order valence-electron chi connectivity index (χ2n) is 5.40. The van der Waals surface area contributed by atoms with E-state index in [2.05, 4.69) is 63.8 Å². The van der Waals surface area contributed by atoms with Crippen LogP contribution in [-0.4, -0.2) is 9.67 Å². The molecule has 0 fully saturated rings. The monoisotopic (exact) mass is 343 g/mol. The van der Waals surface area contributed by atoms with Gasteiger partial charge in [0.15, 0.2) is 0 Å². The molecule has 1 unspecified atom stereocenters. The third kappa shape index (κ3) is 2.63. The highest BCUT2D eigenvalue weighted by Gasteiger charge is 2.17. The maximum absolute atomic E-state index is 10.1. The molecule has 3 heteroatoms. The number of halogens is 1. The van der Waals surface area contributed by atoms with Crippen molar-refractivity contribution in [3.63, 3.8) is 0 Å². The van der Waals surface area contributed by atoms with Crippen LogP contribution in [0.1, 0.15) is 29.8 Å². The number of hydrogen-bond acceptors (Lipinski definition) is 1. The van der Waals surface area contributed by atoms with Crippen molar-refractivity contribution in [2.45, 2.75) is 26.5 Å². The molecule has 3 aromatic rings. The highest BCUT2D eigenvalue weighted by atomic mass is 79.9. The number of hydrogen-bond donors (Lipinski definition) is 1. The Hall–Kier alpha value is -1.58. The lowest BCUT2D eigenvalue weighted by Gasteiger charge is -2.10. The molecule has 0 aliphatic rings. The lowest BCUT2D eigenvalue weighted by molar-refractivity contribution is 0.200. The Labute approximate surface area is 133 Å². The highest BCUT2D eigenvalue weighted by molar-refractivity contribution is 9.10. The van der Waals surface area contributed by atoms with Gasteiger partial charge in [-0.1, -0.05) is 46.3 Å². The molecule has 21 heavy (non-hydrogen) atoms. The number of rotatable bonds is 3. The summed E-state index contributed by atoms with van der Waals surface area (Å²) in [6, 6.07) is 16.7. The number of fused-ring (bicyclic) bond motifs is 1. The van der Waals surface area contributed by atoms with Crippen molar-refractivity contribution in [1.82, 2.24) is 4.57 Å². The molecule has 0 saturated carbocycles. The van der Waals surface area contributed by atoms with Crippen molar-refractivity contribution in [3.05, 3.63) is 69.8 Å².